The lowest BCUT2D eigenvalue weighted by molar-refractivity contribution is 0.0697. The number of hydrogen-bond acceptors (Lipinski definition) is 3. The molecule has 1 unspecified atom stereocenters. The summed E-state index contributed by atoms with van der Waals surface area (Å²) in [6, 6.07) is 7.13. The number of hydrogen-bond donors (Lipinski definition) is 1. The summed E-state index contributed by atoms with van der Waals surface area (Å²) in [6.45, 7) is 0.534. The van der Waals surface area contributed by atoms with Crippen LogP contribution in [0.5, 0.6) is 0 Å². The van der Waals surface area contributed by atoms with Crippen molar-refractivity contribution >= 4 is 36.9 Å². The maximum atomic E-state index is 10.8. The van der Waals surface area contributed by atoms with Gasteiger partial charge in [0.05, 0.1) is 12.2 Å². The lowest BCUT2D eigenvalue weighted by atomic mass is 10.2. The average molecular weight is 240 g/mol. The van der Waals surface area contributed by atoms with Crippen LogP contribution < -0.4 is 0 Å². The van der Waals surface area contributed by atoms with E-state index in [1.54, 1.807) is 23.5 Å². The molecule has 2 rings (SSSR count). The lowest BCUT2D eigenvalue weighted by Crippen LogP contribution is -1.94. The van der Waals surface area contributed by atoms with E-state index in [0.717, 1.165) is 15.0 Å². The molecule has 3 nitrogen and oxygen atoms in total. The average Bonchev–Trinajstić information content (AvgIpc) is 2.59. The van der Waals surface area contributed by atoms with Crippen molar-refractivity contribution in [1.29, 1.82) is 0 Å². The molecule has 0 aliphatic carbocycles. The maximum absolute atomic E-state index is 10.8. The Hall–Kier alpha value is -0.960. The molecule has 0 amide bonds. The topological polar surface area (TPSA) is 46.5 Å². The number of carbonyl (C=O) groups is 1. The van der Waals surface area contributed by atoms with Crippen molar-refractivity contribution in [1.82, 2.24) is 0 Å². The van der Waals surface area contributed by atoms with Crippen LogP contribution in [0.15, 0.2) is 24.3 Å². The lowest BCUT2D eigenvalue weighted by Gasteiger charge is -1.92. The number of thiophene rings is 1. The number of rotatable bonds is 3. The first-order valence-corrected chi connectivity index (χ1v) is 5.57. The molecule has 1 aromatic heterocycles. The van der Waals surface area contributed by atoms with E-state index in [1.807, 2.05) is 12.1 Å². The quantitative estimate of drug-likeness (QED) is 0.839. The third-order valence-electron chi connectivity index (χ3n) is 2.04. The Morgan fingerprint density at radius 2 is 2.27 bits per heavy atom. The van der Waals surface area contributed by atoms with Crippen LogP contribution in [0.4, 0.5) is 0 Å². The molecule has 0 saturated carbocycles. The van der Waals surface area contributed by atoms with Crippen molar-refractivity contribution in [3.05, 3.63) is 34.7 Å². The summed E-state index contributed by atoms with van der Waals surface area (Å²) in [7, 11) is 2.20. The zero-order valence-corrected chi connectivity index (χ0v) is 9.74. The van der Waals surface area contributed by atoms with Crippen LogP contribution in [0.3, 0.4) is 0 Å². The van der Waals surface area contributed by atoms with Gasteiger partial charge in [-0.15, -0.1) is 11.3 Å². The Morgan fingerprint density at radius 1 is 1.47 bits per heavy atom. The molecule has 0 saturated heterocycles. The van der Waals surface area contributed by atoms with Gasteiger partial charge in [-0.25, -0.2) is 4.79 Å². The van der Waals surface area contributed by atoms with Gasteiger partial charge in [-0.05, 0) is 23.6 Å². The van der Waals surface area contributed by atoms with Crippen molar-refractivity contribution in [3.8, 4) is 0 Å². The SMILES string of the molecule is O=C(O)c1ccc2cc(COP)sc2c1. The van der Waals surface area contributed by atoms with Gasteiger partial charge in [0.15, 0.2) is 0 Å². The van der Waals surface area contributed by atoms with Crippen LogP contribution in [0, 0.1) is 0 Å². The highest BCUT2D eigenvalue weighted by Crippen LogP contribution is 2.27. The molecular weight excluding hydrogens is 231 g/mol. The summed E-state index contributed by atoms with van der Waals surface area (Å²) >= 11 is 1.55. The van der Waals surface area contributed by atoms with E-state index in [2.05, 4.69) is 9.47 Å². The van der Waals surface area contributed by atoms with Crippen molar-refractivity contribution in [2.75, 3.05) is 0 Å². The largest absolute Gasteiger partial charge is 0.478 e. The van der Waals surface area contributed by atoms with Crippen molar-refractivity contribution < 1.29 is 14.4 Å². The van der Waals surface area contributed by atoms with Crippen LogP contribution >= 0.6 is 20.8 Å². The van der Waals surface area contributed by atoms with E-state index < -0.39 is 5.97 Å². The standard InChI is InChI=1S/C10H9O3PS/c11-10(12)7-2-1-6-3-8(5-13-14)15-9(6)4-7/h1-4H,5,14H2,(H,11,12). The molecule has 0 bridgehead atoms. The van der Waals surface area contributed by atoms with Gasteiger partial charge in [-0.3, -0.25) is 0 Å². The fraction of sp³-hybridized carbons (Fsp3) is 0.100. The monoisotopic (exact) mass is 240 g/mol. The zero-order valence-electron chi connectivity index (χ0n) is 7.77. The van der Waals surface area contributed by atoms with Gasteiger partial charge in [0.1, 0.15) is 0 Å². The van der Waals surface area contributed by atoms with E-state index in [0.29, 0.717) is 12.2 Å². The molecule has 1 N–H and O–H groups in total. The molecule has 2 aromatic rings. The maximum Gasteiger partial charge on any atom is 0.335 e. The van der Waals surface area contributed by atoms with E-state index in [4.69, 9.17) is 9.63 Å². The predicted molar refractivity (Wildman–Crippen MR) is 63.3 cm³/mol. The predicted octanol–water partition coefficient (Wildman–Crippen LogP) is 2.91. The smallest absolute Gasteiger partial charge is 0.335 e. The first-order valence-electron chi connectivity index (χ1n) is 4.28. The van der Waals surface area contributed by atoms with Crippen LogP contribution in [0.2, 0.25) is 0 Å². The van der Waals surface area contributed by atoms with Gasteiger partial charge in [-0.1, -0.05) is 6.07 Å². The van der Waals surface area contributed by atoms with E-state index in [1.165, 1.54) is 0 Å². The van der Waals surface area contributed by atoms with Crippen LogP contribution in [0.1, 0.15) is 15.2 Å². The number of aromatic carboxylic acids is 1. The summed E-state index contributed by atoms with van der Waals surface area (Å²) in [4.78, 5) is 11.8. The van der Waals surface area contributed by atoms with Crippen LogP contribution in [-0.4, -0.2) is 11.1 Å². The number of fused-ring (bicyclic) bond motifs is 1. The molecule has 1 atom stereocenters. The molecule has 15 heavy (non-hydrogen) atoms. The fourth-order valence-electron chi connectivity index (χ4n) is 1.37. The molecule has 0 spiro atoms. The van der Waals surface area contributed by atoms with Gasteiger partial charge >= 0.3 is 5.97 Å². The second kappa shape index (κ2) is 4.27. The molecule has 5 heteroatoms. The second-order valence-electron chi connectivity index (χ2n) is 3.08. The Kier molecular flexibility index (Phi) is 3.00. The molecular formula is C10H9O3PS. The molecule has 0 aliphatic heterocycles. The second-order valence-corrected chi connectivity index (χ2v) is 4.58. The number of carboxylic acid groups (broad SMARTS) is 1. The first-order chi connectivity index (χ1) is 7.20. The van der Waals surface area contributed by atoms with Gasteiger partial charge in [-0.2, -0.15) is 0 Å². The van der Waals surface area contributed by atoms with Gasteiger partial charge in [0.2, 0.25) is 0 Å². The minimum Gasteiger partial charge on any atom is -0.478 e. The summed E-state index contributed by atoms with van der Waals surface area (Å²) in [5.74, 6) is -0.894. The zero-order chi connectivity index (χ0) is 10.8. The van der Waals surface area contributed by atoms with Crippen molar-refractivity contribution in [3.63, 3.8) is 0 Å². The minimum atomic E-state index is -0.894. The Labute approximate surface area is 93.0 Å². The summed E-state index contributed by atoms with van der Waals surface area (Å²) in [5.41, 5.74) is 0.322. The Bertz CT molecular complexity index is 506. The van der Waals surface area contributed by atoms with Crippen molar-refractivity contribution in [2.45, 2.75) is 6.61 Å². The van der Waals surface area contributed by atoms with E-state index in [9.17, 15) is 4.79 Å². The summed E-state index contributed by atoms with van der Waals surface area (Å²) in [6.07, 6.45) is 0. The van der Waals surface area contributed by atoms with E-state index >= 15 is 0 Å². The molecule has 0 fully saturated rings. The van der Waals surface area contributed by atoms with E-state index in [-0.39, 0.29) is 0 Å². The summed E-state index contributed by atoms with van der Waals surface area (Å²) < 4.78 is 5.92. The highest BCUT2D eigenvalue weighted by molar-refractivity contribution is 7.19. The summed E-state index contributed by atoms with van der Waals surface area (Å²) in [5, 5.41) is 9.89. The molecule has 0 aliphatic rings. The fourth-order valence-corrected chi connectivity index (χ4v) is 2.70. The van der Waals surface area contributed by atoms with Gasteiger partial charge < -0.3 is 9.63 Å². The minimum absolute atomic E-state index is 0.322. The number of carboxylic acids is 1. The molecule has 1 aromatic carbocycles. The van der Waals surface area contributed by atoms with Gasteiger partial charge in [0, 0.05) is 19.0 Å². The third-order valence-corrected chi connectivity index (χ3v) is 3.28. The van der Waals surface area contributed by atoms with Gasteiger partial charge in [0.25, 0.3) is 0 Å². The number of benzene rings is 1. The normalized spacial score (nSPS) is 10.7. The highest BCUT2D eigenvalue weighted by Gasteiger charge is 2.06. The molecule has 78 valence electrons. The van der Waals surface area contributed by atoms with Crippen LogP contribution in [0.25, 0.3) is 10.1 Å². The Balaban J connectivity index is 2.47. The Morgan fingerprint density at radius 3 is 2.93 bits per heavy atom. The van der Waals surface area contributed by atoms with Crippen LogP contribution in [-0.2, 0) is 11.1 Å². The molecule has 1 heterocycles. The first kappa shape index (κ1) is 10.6. The highest BCUT2D eigenvalue weighted by atomic mass is 32.1. The van der Waals surface area contributed by atoms with Crippen molar-refractivity contribution in [2.24, 2.45) is 0 Å². The molecule has 0 radical (unpaired) electrons. The third kappa shape index (κ3) is 2.17.